The third kappa shape index (κ3) is 12.0. The topological polar surface area (TPSA) is 192 Å². The lowest BCUT2D eigenvalue weighted by molar-refractivity contribution is -0.385. The molecule has 0 radical (unpaired) electrons. The van der Waals surface area contributed by atoms with E-state index in [1.165, 1.54) is 23.1 Å². The van der Waals surface area contributed by atoms with Gasteiger partial charge in [0.25, 0.3) is 5.69 Å². The van der Waals surface area contributed by atoms with E-state index in [0.717, 1.165) is 16.7 Å². The van der Waals surface area contributed by atoms with E-state index in [1.807, 2.05) is 82.3 Å². The highest BCUT2D eigenvalue weighted by Crippen LogP contribution is 2.49. The summed E-state index contributed by atoms with van der Waals surface area (Å²) in [5, 5.41) is 17.6. The van der Waals surface area contributed by atoms with Gasteiger partial charge in [-0.2, -0.15) is 0 Å². The van der Waals surface area contributed by atoms with Gasteiger partial charge in [-0.1, -0.05) is 74.4 Å². The third-order valence-corrected chi connectivity index (χ3v) is 14.6. The number of anilines is 2. The highest BCUT2D eigenvalue weighted by Gasteiger charge is 2.63. The van der Waals surface area contributed by atoms with Gasteiger partial charge in [0, 0.05) is 54.4 Å². The Hall–Kier alpha value is -5.39. The number of esters is 1. The lowest BCUT2D eigenvalue weighted by Crippen LogP contribution is -2.49. The van der Waals surface area contributed by atoms with Crippen molar-refractivity contribution in [3.8, 4) is 16.9 Å². The van der Waals surface area contributed by atoms with Crippen LogP contribution in [0.1, 0.15) is 79.2 Å². The van der Waals surface area contributed by atoms with E-state index in [4.69, 9.17) is 18.9 Å². The second-order valence-corrected chi connectivity index (χ2v) is 19.8. The number of nitrogens with one attached hydrogen (secondary N) is 2. The largest absolute Gasteiger partial charge is 0.496 e. The molecule has 3 aliphatic rings. The fraction of sp³-hybridized carbons (Fsp3) is 0.468. The van der Waals surface area contributed by atoms with Gasteiger partial charge < -0.3 is 34.5 Å². The fourth-order valence-electron chi connectivity index (χ4n) is 7.91. The van der Waals surface area contributed by atoms with E-state index in [9.17, 15) is 29.3 Å². The molecule has 3 amide bonds. The van der Waals surface area contributed by atoms with Crippen LogP contribution in [0.25, 0.3) is 11.1 Å². The minimum Gasteiger partial charge on any atom is -0.496 e. The summed E-state index contributed by atoms with van der Waals surface area (Å²) in [7, 11) is 6.23. The van der Waals surface area contributed by atoms with Gasteiger partial charge in [0.15, 0.2) is 0 Å². The van der Waals surface area contributed by atoms with Crippen LogP contribution in [0.15, 0.2) is 83.6 Å². The SMILES string of the molecule is COc1cc2cc(c1-c1ccc(NC(=O)CCC(C)SSc3ccc([N+](=O)[O-])cn3)cc1)N(C)C(=O)C[C@H](OC(=O)C(C)C)[C@]1(C)O[C@H]1[C@H](C)[C@@H]1C[C@H](C/C=C/C=C(\C)C2)NC(=O)O1. The zero-order valence-electron chi connectivity index (χ0n) is 37.5. The molecule has 4 bridgehead atoms. The van der Waals surface area contributed by atoms with Crippen LogP contribution < -0.4 is 20.3 Å². The fourth-order valence-corrected chi connectivity index (χ4v) is 9.98. The second-order valence-electron chi connectivity index (χ2n) is 17.2. The molecule has 342 valence electrons. The number of nitrogens with zero attached hydrogens (tertiary/aromatic N) is 3. The highest BCUT2D eigenvalue weighted by molar-refractivity contribution is 8.76. The number of epoxide rings is 1. The van der Waals surface area contributed by atoms with Gasteiger partial charge in [0.1, 0.15) is 34.8 Å². The van der Waals surface area contributed by atoms with Crippen molar-refractivity contribution in [2.75, 3.05) is 24.4 Å². The number of methoxy groups -OCH3 is 1. The Morgan fingerprint density at radius 2 is 1.89 bits per heavy atom. The lowest BCUT2D eigenvalue weighted by Gasteiger charge is -2.33. The molecule has 17 heteroatoms. The molecule has 1 unspecified atom stereocenters. The molecule has 7 atom stereocenters. The molecule has 0 aliphatic carbocycles. The van der Waals surface area contributed by atoms with Crippen molar-refractivity contribution in [1.82, 2.24) is 10.3 Å². The number of hydrogen-bond donors (Lipinski definition) is 2. The predicted octanol–water partition coefficient (Wildman–Crippen LogP) is 9.24. The molecule has 3 aromatic rings. The van der Waals surface area contributed by atoms with Crippen LogP contribution in [0.2, 0.25) is 0 Å². The number of nitro groups is 1. The summed E-state index contributed by atoms with van der Waals surface area (Å²) in [4.78, 5) is 69.6. The average molecular weight is 916 g/mol. The number of carbonyl (C=O) groups excluding carboxylic acids is 4. The summed E-state index contributed by atoms with van der Waals surface area (Å²) in [5.41, 5.74) is 3.48. The number of hydrogen-bond acceptors (Lipinski definition) is 13. The maximum atomic E-state index is 14.6. The van der Waals surface area contributed by atoms with Gasteiger partial charge in [-0.05, 0) is 85.4 Å². The first-order valence-corrected chi connectivity index (χ1v) is 23.7. The summed E-state index contributed by atoms with van der Waals surface area (Å²) >= 11 is 0. The number of benzene rings is 2. The monoisotopic (exact) mass is 915 g/mol. The van der Waals surface area contributed by atoms with Gasteiger partial charge in [0.05, 0.1) is 36.2 Å². The first-order chi connectivity index (χ1) is 30.4. The van der Waals surface area contributed by atoms with Crippen LogP contribution in [-0.4, -0.2) is 83.1 Å². The molecular weight excluding hydrogens is 859 g/mol. The van der Waals surface area contributed by atoms with E-state index in [2.05, 4.69) is 15.6 Å². The average Bonchev–Trinajstić information content (AvgIpc) is 3.97. The number of carbonyl (C=O) groups is 4. The Bertz CT molecular complexity index is 2270. The second kappa shape index (κ2) is 21.1. The molecule has 2 saturated heterocycles. The number of amides is 3. The van der Waals surface area contributed by atoms with E-state index >= 15 is 0 Å². The molecule has 4 heterocycles. The minimum atomic E-state index is -1.01. The van der Waals surface area contributed by atoms with E-state index < -0.39 is 46.8 Å². The molecule has 1 aromatic heterocycles. The van der Waals surface area contributed by atoms with Crippen molar-refractivity contribution >= 4 is 62.5 Å². The van der Waals surface area contributed by atoms with Gasteiger partial charge in [-0.25, -0.2) is 9.78 Å². The minimum absolute atomic E-state index is 0.0672. The Kier molecular flexibility index (Phi) is 15.8. The van der Waals surface area contributed by atoms with Crippen molar-refractivity contribution in [3.05, 3.63) is 94.2 Å². The zero-order chi connectivity index (χ0) is 46.3. The van der Waals surface area contributed by atoms with Crippen molar-refractivity contribution < 1.29 is 43.0 Å². The summed E-state index contributed by atoms with van der Waals surface area (Å²) in [6, 6.07) is 14.2. The van der Waals surface area contributed by atoms with Crippen molar-refractivity contribution in [3.63, 3.8) is 0 Å². The Morgan fingerprint density at radius 1 is 1.14 bits per heavy atom. The molecular formula is C47H57N5O10S2. The van der Waals surface area contributed by atoms with Crippen LogP contribution in [-0.2, 0) is 35.0 Å². The number of ether oxygens (including phenoxy) is 4. The standard InChI is InChI=1S/C47H57N5O10S2/c1-27(2)45(55)61-39-25-42(54)51(7)36-22-31(21-28(3)11-9-10-12-34-24-37(60-46(56)50-34)30(5)44-47(39,6)62-44)23-38(59-8)43(36)32-14-16-33(17-15-32)49-40(53)19-13-29(4)63-64-41-20-18-35(26-48-41)52(57)58/h9-11,14-18,20,22-23,26-27,29-30,34,37,39,44H,12-13,19,21,24-25H2,1-8H3,(H,49,53)(H,50,56)/b10-9+,28-11+/t29?,30-,34+,37+,39+,44+,47+/m1/s1. The number of aromatic nitrogens is 1. The summed E-state index contributed by atoms with van der Waals surface area (Å²) in [5.74, 6) is -1.06. The maximum Gasteiger partial charge on any atom is 0.407 e. The van der Waals surface area contributed by atoms with Gasteiger partial charge in [-0.3, -0.25) is 24.5 Å². The molecule has 64 heavy (non-hydrogen) atoms. The number of rotatable bonds is 12. The molecule has 2 aromatic carbocycles. The van der Waals surface area contributed by atoms with E-state index in [0.29, 0.717) is 53.4 Å². The maximum absolute atomic E-state index is 14.6. The Labute approximate surface area is 382 Å². The predicted molar refractivity (Wildman–Crippen MR) is 248 cm³/mol. The summed E-state index contributed by atoms with van der Waals surface area (Å²) in [6.45, 7) is 11.3. The third-order valence-electron chi connectivity index (χ3n) is 11.8. The molecule has 15 nitrogen and oxygen atoms in total. The van der Waals surface area contributed by atoms with Crippen molar-refractivity contribution in [2.24, 2.45) is 11.8 Å². The Morgan fingerprint density at radius 3 is 2.56 bits per heavy atom. The first kappa shape index (κ1) is 48.1. The number of fused-ring (bicyclic) bond motifs is 5. The van der Waals surface area contributed by atoms with Gasteiger partial charge in [-0.15, -0.1) is 0 Å². The highest BCUT2D eigenvalue weighted by atomic mass is 33.1. The van der Waals surface area contributed by atoms with Crippen LogP contribution in [0.3, 0.4) is 0 Å². The molecule has 0 saturated carbocycles. The molecule has 0 spiro atoms. The van der Waals surface area contributed by atoms with Crippen LogP contribution in [0, 0.1) is 22.0 Å². The molecule has 3 aliphatic heterocycles. The number of allylic oxidation sites excluding steroid dienone is 3. The lowest BCUT2D eigenvalue weighted by atomic mass is 9.85. The van der Waals surface area contributed by atoms with Gasteiger partial charge >= 0.3 is 12.1 Å². The first-order valence-electron chi connectivity index (χ1n) is 21.4. The Balaban J connectivity index is 1.24. The molecule has 2 N–H and O–H groups in total. The number of alkyl carbamates (subject to hydrolysis) is 1. The summed E-state index contributed by atoms with van der Waals surface area (Å²) in [6.07, 6.45) is 7.42. The quantitative estimate of drug-likeness (QED) is 0.0575. The molecule has 2 fully saturated rings. The van der Waals surface area contributed by atoms with Crippen molar-refractivity contribution in [1.29, 1.82) is 0 Å². The van der Waals surface area contributed by atoms with E-state index in [-0.39, 0.29) is 47.6 Å². The smallest absolute Gasteiger partial charge is 0.407 e. The van der Waals surface area contributed by atoms with E-state index in [1.54, 1.807) is 49.8 Å². The normalized spacial score (nSPS) is 25.4. The van der Waals surface area contributed by atoms with Crippen LogP contribution in [0.4, 0.5) is 21.9 Å². The number of pyridine rings is 1. The van der Waals surface area contributed by atoms with Crippen molar-refractivity contribution in [2.45, 2.75) is 120 Å². The molecule has 6 rings (SSSR count). The summed E-state index contributed by atoms with van der Waals surface area (Å²) < 4.78 is 24.2. The van der Waals surface area contributed by atoms with Crippen LogP contribution in [0.5, 0.6) is 5.75 Å². The zero-order valence-corrected chi connectivity index (χ0v) is 39.1. The van der Waals surface area contributed by atoms with Gasteiger partial charge in [0.2, 0.25) is 11.8 Å². The van der Waals surface area contributed by atoms with Crippen LogP contribution >= 0.6 is 21.6 Å².